The lowest BCUT2D eigenvalue weighted by Crippen LogP contribution is -2.24. The number of para-hydroxylation sites is 1. The van der Waals surface area contributed by atoms with E-state index < -0.39 is 0 Å². The van der Waals surface area contributed by atoms with E-state index in [2.05, 4.69) is 35.2 Å². The Morgan fingerprint density at radius 1 is 0.800 bits per heavy atom. The van der Waals surface area contributed by atoms with E-state index in [0.717, 1.165) is 33.8 Å². The molecule has 3 nitrogen and oxygen atoms in total. The van der Waals surface area contributed by atoms with E-state index in [4.69, 9.17) is 4.74 Å². The first-order valence-electron chi connectivity index (χ1n) is 10.0. The largest absolute Gasteiger partial charge is 0.463 e. The van der Waals surface area contributed by atoms with Crippen molar-refractivity contribution in [2.24, 2.45) is 0 Å². The second-order valence-electron chi connectivity index (χ2n) is 6.85. The van der Waals surface area contributed by atoms with E-state index in [-0.39, 0.29) is 5.97 Å². The maximum atomic E-state index is 12.4. The Labute approximate surface area is 177 Å². The summed E-state index contributed by atoms with van der Waals surface area (Å²) in [6, 6.07) is 30.5. The standard InChI is InChI=1S/C27H23NO2/c1-2-30-27(29)20-25-18-23(21-12-6-3-7-13-21)19-26(22-14-8-4-9-15-22)28(25)24-16-10-5-11-17-24/h3-20H,2H2,1H3/b25-20+. The topological polar surface area (TPSA) is 29.5 Å². The number of rotatable bonds is 5. The summed E-state index contributed by atoms with van der Waals surface area (Å²) in [5.41, 5.74) is 5.94. The van der Waals surface area contributed by atoms with Crippen LogP contribution in [0.2, 0.25) is 0 Å². The van der Waals surface area contributed by atoms with E-state index in [1.54, 1.807) is 6.08 Å². The van der Waals surface area contributed by atoms with Crippen molar-refractivity contribution in [3.63, 3.8) is 0 Å². The lowest BCUT2D eigenvalue weighted by molar-refractivity contribution is -0.137. The highest BCUT2D eigenvalue weighted by atomic mass is 16.5. The van der Waals surface area contributed by atoms with Gasteiger partial charge in [0.05, 0.1) is 18.0 Å². The van der Waals surface area contributed by atoms with Crippen molar-refractivity contribution in [3.05, 3.63) is 126 Å². The number of carbonyl (C=O) groups excluding carboxylic acids is 1. The Kier molecular flexibility index (Phi) is 5.90. The van der Waals surface area contributed by atoms with Crippen LogP contribution in [0, 0.1) is 0 Å². The highest BCUT2D eigenvalue weighted by Gasteiger charge is 2.23. The van der Waals surface area contributed by atoms with Crippen LogP contribution in [0.5, 0.6) is 0 Å². The molecule has 0 fully saturated rings. The van der Waals surface area contributed by atoms with E-state index in [1.165, 1.54) is 0 Å². The minimum Gasteiger partial charge on any atom is -0.463 e. The number of allylic oxidation sites excluding steroid dienone is 3. The predicted molar refractivity (Wildman–Crippen MR) is 122 cm³/mol. The molecule has 4 rings (SSSR count). The minimum atomic E-state index is -0.355. The van der Waals surface area contributed by atoms with Crippen LogP contribution in [-0.2, 0) is 9.53 Å². The van der Waals surface area contributed by atoms with E-state index in [9.17, 15) is 4.79 Å². The van der Waals surface area contributed by atoms with Gasteiger partial charge in [0, 0.05) is 11.8 Å². The molecule has 0 aliphatic carbocycles. The molecule has 0 aromatic heterocycles. The molecule has 1 heterocycles. The van der Waals surface area contributed by atoms with Gasteiger partial charge in [0.2, 0.25) is 0 Å². The van der Waals surface area contributed by atoms with Gasteiger partial charge in [-0.1, -0.05) is 78.9 Å². The molecule has 3 heteroatoms. The number of hydrogen-bond donors (Lipinski definition) is 0. The van der Waals surface area contributed by atoms with Gasteiger partial charge in [-0.25, -0.2) is 4.79 Å². The quantitative estimate of drug-likeness (QED) is 0.389. The Hall–Kier alpha value is -3.85. The van der Waals surface area contributed by atoms with Crippen LogP contribution in [-0.4, -0.2) is 12.6 Å². The lowest BCUT2D eigenvalue weighted by atomic mass is 9.96. The Morgan fingerprint density at radius 3 is 1.97 bits per heavy atom. The van der Waals surface area contributed by atoms with Crippen molar-refractivity contribution < 1.29 is 9.53 Å². The molecule has 1 aliphatic rings. The zero-order valence-corrected chi connectivity index (χ0v) is 16.9. The normalized spacial score (nSPS) is 14.8. The van der Waals surface area contributed by atoms with E-state index in [1.807, 2.05) is 79.7 Å². The summed E-state index contributed by atoms with van der Waals surface area (Å²) in [6.07, 6.45) is 5.77. The molecule has 1 aliphatic heterocycles. The monoisotopic (exact) mass is 393 g/mol. The van der Waals surface area contributed by atoms with E-state index in [0.29, 0.717) is 6.61 Å². The molecule has 30 heavy (non-hydrogen) atoms. The fraction of sp³-hybridized carbons (Fsp3) is 0.0741. The number of esters is 1. The van der Waals surface area contributed by atoms with E-state index >= 15 is 0 Å². The summed E-state index contributed by atoms with van der Waals surface area (Å²) in [7, 11) is 0. The van der Waals surface area contributed by atoms with Crippen LogP contribution in [0.4, 0.5) is 5.69 Å². The summed E-state index contributed by atoms with van der Waals surface area (Å²) >= 11 is 0. The van der Waals surface area contributed by atoms with Crippen molar-refractivity contribution in [1.29, 1.82) is 0 Å². The molecule has 0 bridgehead atoms. The average molecular weight is 393 g/mol. The molecule has 0 unspecified atom stereocenters. The van der Waals surface area contributed by atoms with Gasteiger partial charge in [0.15, 0.2) is 0 Å². The SMILES string of the molecule is CCOC(=O)/C=C1\C=C(c2ccccc2)C=C(c2ccccc2)N1c1ccccc1. The van der Waals surface area contributed by atoms with Crippen LogP contribution in [0.15, 0.2) is 115 Å². The van der Waals surface area contributed by atoms with Crippen LogP contribution in [0.3, 0.4) is 0 Å². The van der Waals surface area contributed by atoms with Crippen molar-refractivity contribution in [2.75, 3.05) is 11.5 Å². The number of hydrogen-bond acceptors (Lipinski definition) is 3. The van der Waals surface area contributed by atoms with Crippen LogP contribution in [0.1, 0.15) is 18.1 Å². The fourth-order valence-corrected chi connectivity index (χ4v) is 3.51. The first-order valence-corrected chi connectivity index (χ1v) is 10.0. The molecule has 0 saturated carbocycles. The third kappa shape index (κ3) is 4.26. The Bertz CT molecular complexity index is 1100. The smallest absolute Gasteiger partial charge is 0.332 e. The summed E-state index contributed by atoms with van der Waals surface area (Å²) in [5, 5.41) is 0. The average Bonchev–Trinajstić information content (AvgIpc) is 2.80. The maximum Gasteiger partial charge on any atom is 0.332 e. The van der Waals surface area contributed by atoms with Crippen molar-refractivity contribution in [2.45, 2.75) is 6.92 Å². The zero-order valence-electron chi connectivity index (χ0n) is 16.9. The van der Waals surface area contributed by atoms with Gasteiger partial charge in [-0.05, 0) is 47.9 Å². The number of benzene rings is 3. The molecule has 3 aromatic carbocycles. The second-order valence-corrected chi connectivity index (χ2v) is 6.85. The Balaban J connectivity index is 1.92. The van der Waals surface area contributed by atoms with Gasteiger partial charge in [-0.2, -0.15) is 0 Å². The van der Waals surface area contributed by atoms with Crippen molar-refractivity contribution >= 4 is 22.9 Å². The molecule has 0 atom stereocenters. The van der Waals surface area contributed by atoms with Crippen LogP contribution >= 0.6 is 0 Å². The molecular weight excluding hydrogens is 370 g/mol. The second kappa shape index (κ2) is 9.10. The highest BCUT2D eigenvalue weighted by Crippen LogP contribution is 2.38. The number of carbonyl (C=O) groups is 1. The number of ether oxygens (including phenoxy) is 1. The van der Waals surface area contributed by atoms with Crippen LogP contribution in [0.25, 0.3) is 11.3 Å². The van der Waals surface area contributed by atoms with Gasteiger partial charge in [0.1, 0.15) is 0 Å². The fourth-order valence-electron chi connectivity index (χ4n) is 3.51. The van der Waals surface area contributed by atoms with Gasteiger partial charge < -0.3 is 9.64 Å². The van der Waals surface area contributed by atoms with Gasteiger partial charge >= 0.3 is 5.97 Å². The molecule has 0 N–H and O–H groups in total. The zero-order chi connectivity index (χ0) is 20.8. The number of anilines is 1. The minimum absolute atomic E-state index is 0.338. The number of nitrogens with zero attached hydrogens (tertiary/aromatic N) is 1. The summed E-state index contributed by atoms with van der Waals surface area (Å²) in [6.45, 7) is 2.15. The van der Waals surface area contributed by atoms with Crippen molar-refractivity contribution in [3.8, 4) is 0 Å². The molecule has 3 aromatic rings. The predicted octanol–water partition coefficient (Wildman–Crippen LogP) is 6.08. The van der Waals surface area contributed by atoms with Crippen LogP contribution < -0.4 is 4.90 Å². The highest BCUT2D eigenvalue weighted by molar-refractivity contribution is 5.98. The molecule has 0 saturated heterocycles. The van der Waals surface area contributed by atoms with Gasteiger partial charge in [0.25, 0.3) is 0 Å². The summed E-state index contributed by atoms with van der Waals surface area (Å²) < 4.78 is 5.22. The third-order valence-electron chi connectivity index (χ3n) is 4.84. The first-order chi connectivity index (χ1) is 14.8. The summed E-state index contributed by atoms with van der Waals surface area (Å²) in [5.74, 6) is -0.355. The summed E-state index contributed by atoms with van der Waals surface area (Å²) in [4.78, 5) is 14.5. The first kappa shape index (κ1) is 19.5. The Morgan fingerprint density at radius 2 is 1.37 bits per heavy atom. The third-order valence-corrected chi connectivity index (χ3v) is 4.84. The molecule has 0 spiro atoms. The lowest BCUT2D eigenvalue weighted by Gasteiger charge is -2.32. The molecular formula is C27H23NO2. The van der Waals surface area contributed by atoms with Crippen molar-refractivity contribution in [1.82, 2.24) is 0 Å². The molecule has 0 radical (unpaired) electrons. The van der Waals surface area contributed by atoms with Gasteiger partial charge in [-0.15, -0.1) is 0 Å². The molecule has 0 amide bonds. The molecule has 148 valence electrons. The maximum absolute atomic E-state index is 12.4. The van der Waals surface area contributed by atoms with Gasteiger partial charge in [-0.3, -0.25) is 0 Å².